The molecular formula is C25H23F4N5O2S. The minimum atomic E-state index is -4.86. The van der Waals surface area contributed by atoms with E-state index in [-0.39, 0.29) is 22.8 Å². The Labute approximate surface area is 214 Å². The molecule has 1 aromatic heterocycles. The quantitative estimate of drug-likeness (QED) is 0.265. The van der Waals surface area contributed by atoms with E-state index in [1.807, 2.05) is 0 Å². The molecule has 0 aliphatic carbocycles. The van der Waals surface area contributed by atoms with Crippen LogP contribution in [0.2, 0.25) is 0 Å². The summed E-state index contributed by atoms with van der Waals surface area (Å²) in [5, 5.41) is 4.44. The van der Waals surface area contributed by atoms with Crippen molar-refractivity contribution in [3.05, 3.63) is 82.3 Å². The molecule has 37 heavy (non-hydrogen) atoms. The van der Waals surface area contributed by atoms with E-state index >= 15 is 0 Å². The highest BCUT2D eigenvalue weighted by Crippen LogP contribution is 2.48. The Morgan fingerprint density at radius 3 is 2.49 bits per heavy atom. The number of hydrogen-bond donors (Lipinski definition) is 3. The minimum absolute atomic E-state index is 0.00242. The standard InChI is InChI=1S/C25H23F4N5O2S/c26-16-5-1-2-6-19(16)36-20-8-7-17(22(21(20)25(27,28)29)34-11-3-4-12-34)32-23(35)18-14-37-24(33-18)15(13-31)9-10-30/h1-2,5-10,13-14H,3-4,11-12,30-31H2,(H,32,35)/b10-9-,15-13+. The lowest BCUT2D eigenvalue weighted by atomic mass is 10.1. The average Bonchev–Trinajstić information content (AvgIpc) is 3.56. The Hall–Kier alpha value is -4.06. The van der Waals surface area contributed by atoms with Gasteiger partial charge in [-0.3, -0.25) is 4.79 Å². The van der Waals surface area contributed by atoms with E-state index in [0.717, 1.165) is 23.5 Å². The first-order valence-corrected chi connectivity index (χ1v) is 12.1. The number of thiazole rings is 1. The molecule has 2 heterocycles. The number of benzene rings is 2. The van der Waals surface area contributed by atoms with E-state index in [2.05, 4.69) is 10.3 Å². The predicted molar refractivity (Wildman–Crippen MR) is 135 cm³/mol. The van der Waals surface area contributed by atoms with Crippen LogP contribution in [0.5, 0.6) is 11.5 Å². The fourth-order valence-electron chi connectivity index (χ4n) is 3.95. The minimum Gasteiger partial charge on any atom is -0.454 e. The summed E-state index contributed by atoms with van der Waals surface area (Å²) in [6, 6.07) is 7.58. The lowest BCUT2D eigenvalue weighted by molar-refractivity contribution is -0.138. The fourth-order valence-corrected chi connectivity index (χ4v) is 4.75. The molecule has 0 atom stereocenters. The van der Waals surface area contributed by atoms with Gasteiger partial charge in [-0.1, -0.05) is 12.1 Å². The third-order valence-electron chi connectivity index (χ3n) is 5.59. The van der Waals surface area contributed by atoms with Gasteiger partial charge in [-0.25, -0.2) is 9.37 Å². The Bertz CT molecular complexity index is 1350. The topological polar surface area (TPSA) is 106 Å². The summed E-state index contributed by atoms with van der Waals surface area (Å²) in [6.45, 7) is 0.706. The molecule has 12 heteroatoms. The van der Waals surface area contributed by atoms with Gasteiger partial charge >= 0.3 is 6.18 Å². The first-order valence-electron chi connectivity index (χ1n) is 11.2. The van der Waals surface area contributed by atoms with Crippen LogP contribution >= 0.6 is 11.3 Å². The summed E-state index contributed by atoms with van der Waals surface area (Å²) in [4.78, 5) is 18.8. The van der Waals surface area contributed by atoms with Crippen molar-refractivity contribution in [2.75, 3.05) is 23.3 Å². The van der Waals surface area contributed by atoms with E-state index in [1.165, 1.54) is 48.1 Å². The van der Waals surface area contributed by atoms with Crippen LogP contribution in [0.15, 0.2) is 60.3 Å². The van der Waals surface area contributed by atoms with Crippen LogP contribution < -0.4 is 26.4 Å². The predicted octanol–water partition coefficient (Wildman–Crippen LogP) is 5.72. The monoisotopic (exact) mass is 533 g/mol. The summed E-state index contributed by atoms with van der Waals surface area (Å²) in [5.74, 6) is -2.42. The van der Waals surface area contributed by atoms with Crippen molar-refractivity contribution in [1.82, 2.24) is 4.98 Å². The zero-order chi connectivity index (χ0) is 26.6. The lowest BCUT2D eigenvalue weighted by Gasteiger charge is -2.27. The molecule has 7 nitrogen and oxygen atoms in total. The Balaban J connectivity index is 1.75. The number of carbonyl (C=O) groups is 1. The molecule has 0 spiro atoms. The molecule has 1 saturated heterocycles. The number of nitrogens with zero attached hydrogens (tertiary/aromatic N) is 2. The second-order valence-corrected chi connectivity index (χ2v) is 8.89. The number of nitrogens with two attached hydrogens (primary N) is 2. The average molecular weight is 534 g/mol. The molecule has 0 radical (unpaired) electrons. The van der Waals surface area contributed by atoms with Crippen LogP contribution in [0.1, 0.15) is 33.9 Å². The number of anilines is 2. The molecule has 0 saturated carbocycles. The molecule has 1 aliphatic heterocycles. The fraction of sp³-hybridized carbons (Fsp3) is 0.200. The molecule has 2 aromatic carbocycles. The maximum Gasteiger partial charge on any atom is 0.422 e. The number of nitrogens with one attached hydrogen (secondary N) is 1. The van der Waals surface area contributed by atoms with Crippen molar-refractivity contribution in [2.24, 2.45) is 11.5 Å². The number of para-hydroxylation sites is 1. The van der Waals surface area contributed by atoms with E-state index in [0.29, 0.717) is 36.5 Å². The van der Waals surface area contributed by atoms with Crippen LogP contribution in [0.4, 0.5) is 28.9 Å². The smallest absolute Gasteiger partial charge is 0.422 e. The number of halogens is 4. The third-order valence-corrected chi connectivity index (χ3v) is 6.48. The van der Waals surface area contributed by atoms with Crippen molar-refractivity contribution in [3.8, 4) is 11.5 Å². The normalized spacial score (nSPS) is 14.4. The van der Waals surface area contributed by atoms with Crippen molar-refractivity contribution >= 4 is 34.2 Å². The number of hydrogen-bond acceptors (Lipinski definition) is 7. The Morgan fingerprint density at radius 2 is 1.84 bits per heavy atom. The molecule has 5 N–H and O–H groups in total. The van der Waals surface area contributed by atoms with Gasteiger partial charge in [0.1, 0.15) is 22.0 Å². The second kappa shape index (κ2) is 10.9. The summed E-state index contributed by atoms with van der Waals surface area (Å²) >= 11 is 1.13. The van der Waals surface area contributed by atoms with E-state index in [4.69, 9.17) is 16.2 Å². The van der Waals surface area contributed by atoms with Gasteiger partial charge in [0.05, 0.1) is 11.4 Å². The number of aromatic nitrogens is 1. The van der Waals surface area contributed by atoms with Crippen molar-refractivity contribution < 1.29 is 27.1 Å². The maximum absolute atomic E-state index is 14.5. The van der Waals surface area contributed by atoms with Crippen molar-refractivity contribution in [2.45, 2.75) is 19.0 Å². The van der Waals surface area contributed by atoms with Crippen LogP contribution in [0.25, 0.3) is 5.57 Å². The van der Waals surface area contributed by atoms with Crippen LogP contribution in [-0.4, -0.2) is 24.0 Å². The van der Waals surface area contributed by atoms with E-state index in [1.54, 1.807) is 4.90 Å². The maximum atomic E-state index is 14.5. The van der Waals surface area contributed by atoms with Gasteiger partial charge in [-0.15, -0.1) is 11.3 Å². The van der Waals surface area contributed by atoms with Gasteiger partial charge in [0.25, 0.3) is 5.91 Å². The summed E-state index contributed by atoms with van der Waals surface area (Å²) < 4.78 is 62.9. The molecule has 3 aromatic rings. The number of ether oxygens (including phenoxy) is 1. The van der Waals surface area contributed by atoms with Gasteiger partial charge in [-0.05, 0) is 49.4 Å². The first kappa shape index (κ1) is 26.0. The number of alkyl halides is 3. The molecule has 0 unspecified atom stereocenters. The zero-order valence-corrected chi connectivity index (χ0v) is 20.2. The van der Waals surface area contributed by atoms with Crippen LogP contribution in [0, 0.1) is 5.82 Å². The highest BCUT2D eigenvalue weighted by Gasteiger charge is 2.41. The van der Waals surface area contributed by atoms with E-state index in [9.17, 15) is 22.4 Å². The number of allylic oxidation sites excluding steroid dienone is 2. The van der Waals surface area contributed by atoms with Gasteiger partial charge in [0.15, 0.2) is 11.6 Å². The number of rotatable bonds is 7. The second-order valence-electron chi connectivity index (χ2n) is 8.03. The summed E-state index contributed by atoms with van der Waals surface area (Å²) in [7, 11) is 0. The van der Waals surface area contributed by atoms with Gasteiger partial charge < -0.3 is 26.4 Å². The SMILES string of the molecule is N/C=C\C(=C/N)c1nc(C(=O)Nc2ccc(Oc3ccccc3F)c(C(F)(F)F)c2N2CCCC2)cs1. The summed E-state index contributed by atoms with van der Waals surface area (Å²) in [5.41, 5.74) is 10.1. The molecule has 0 bridgehead atoms. The molecule has 1 fully saturated rings. The van der Waals surface area contributed by atoms with Crippen LogP contribution in [0.3, 0.4) is 0 Å². The van der Waals surface area contributed by atoms with E-state index < -0.39 is 29.2 Å². The van der Waals surface area contributed by atoms with Gasteiger partial charge in [0.2, 0.25) is 0 Å². The largest absolute Gasteiger partial charge is 0.454 e. The molecule has 1 amide bonds. The highest BCUT2D eigenvalue weighted by molar-refractivity contribution is 7.11. The van der Waals surface area contributed by atoms with Gasteiger partial charge in [0, 0.05) is 30.2 Å². The zero-order valence-electron chi connectivity index (χ0n) is 19.4. The van der Waals surface area contributed by atoms with Gasteiger partial charge in [-0.2, -0.15) is 13.2 Å². The van der Waals surface area contributed by atoms with Crippen LogP contribution in [-0.2, 0) is 6.18 Å². The van der Waals surface area contributed by atoms with Crippen molar-refractivity contribution in [1.29, 1.82) is 0 Å². The third kappa shape index (κ3) is 5.69. The molecule has 1 aliphatic rings. The Morgan fingerprint density at radius 1 is 1.11 bits per heavy atom. The number of amides is 1. The highest BCUT2D eigenvalue weighted by atomic mass is 32.1. The Kier molecular flexibility index (Phi) is 7.67. The molecular weight excluding hydrogens is 510 g/mol. The molecule has 4 rings (SSSR count). The molecule has 194 valence electrons. The lowest BCUT2D eigenvalue weighted by Crippen LogP contribution is -2.25. The first-order chi connectivity index (χ1) is 17.7. The number of carbonyl (C=O) groups excluding carboxylic acids is 1. The summed E-state index contributed by atoms with van der Waals surface area (Å²) in [6.07, 6.45) is 0.562. The van der Waals surface area contributed by atoms with Crippen molar-refractivity contribution in [3.63, 3.8) is 0 Å².